The van der Waals surface area contributed by atoms with Crippen LogP contribution in [0, 0.1) is 20.8 Å². The Balaban J connectivity index is 1.39. The highest BCUT2D eigenvalue weighted by Crippen LogP contribution is 2.44. The van der Waals surface area contributed by atoms with E-state index in [2.05, 4.69) is 103 Å². The van der Waals surface area contributed by atoms with Gasteiger partial charge in [0.1, 0.15) is 11.5 Å². The smallest absolute Gasteiger partial charge is 0.174 e. The van der Waals surface area contributed by atoms with Crippen molar-refractivity contribution >= 4 is 23.0 Å². The highest BCUT2D eigenvalue weighted by Gasteiger charge is 2.42. The number of rotatable bonds is 7. The molecule has 5 nitrogen and oxygen atoms in total. The van der Waals surface area contributed by atoms with Gasteiger partial charge in [-0.3, -0.25) is 4.98 Å². The molecule has 0 bridgehead atoms. The van der Waals surface area contributed by atoms with E-state index in [0.29, 0.717) is 5.11 Å². The van der Waals surface area contributed by atoms with E-state index in [1.807, 2.05) is 42.6 Å². The van der Waals surface area contributed by atoms with Crippen LogP contribution in [0.15, 0.2) is 103 Å². The number of nitrogens with zero attached hydrogens (tertiary/aromatic N) is 3. The molecule has 0 amide bonds. The summed E-state index contributed by atoms with van der Waals surface area (Å²) in [7, 11) is 0. The second-order valence-corrected chi connectivity index (χ2v) is 11.0. The van der Waals surface area contributed by atoms with E-state index in [1.165, 1.54) is 28.1 Å². The maximum absolute atomic E-state index is 6.10. The van der Waals surface area contributed by atoms with Gasteiger partial charge in [-0.1, -0.05) is 42.8 Å². The zero-order valence-electron chi connectivity index (χ0n) is 23.8. The number of benzene rings is 3. The van der Waals surface area contributed by atoms with Crippen molar-refractivity contribution in [3.8, 4) is 17.2 Å². The molecule has 2 aromatic heterocycles. The van der Waals surface area contributed by atoms with Gasteiger partial charge in [0.15, 0.2) is 5.11 Å². The van der Waals surface area contributed by atoms with Crippen molar-refractivity contribution in [3.63, 3.8) is 0 Å². The van der Waals surface area contributed by atoms with Gasteiger partial charge < -0.3 is 19.5 Å². The van der Waals surface area contributed by atoms with Crippen molar-refractivity contribution < 1.29 is 4.74 Å². The Bertz CT molecular complexity index is 1660. The van der Waals surface area contributed by atoms with Gasteiger partial charge in [0.05, 0.1) is 17.8 Å². The third kappa shape index (κ3) is 5.23. The lowest BCUT2D eigenvalue weighted by molar-refractivity contribution is 0.482. The number of nitrogens with one attached hydrogen (secondary N) is 1. The number of anilines is 1. The van der Waals surface area contributed by atoms with E-state index in [0.717, 1.165) is 35.0 Å². The summed E-state index contributed by atoms with van der Waals surface area (Å²) in [5.41, 5.74) is 9.24. The molecule has 1 aliphatic heterocycles. The molecule has 3 heterocycles. The first-order chi connectivity index (χ1) is 19.9. The summed E-state index contributed by atoms with van der Waals surface area (Å²) >= 11 is 5.98. The summed E-state index contributed by atoms with van der Waals surface area (Å²) in [5, 5.41) is 4.27. The molecule has 0 radical (unpaired) electrons. The first-order valence-corrected chi connectivity index (χ1v) is 14.5. The van der Waals surface area contributed by atoms with E-state index in [4.69, 9.17) is 21.9 Å². The summed E-state index contributed by atoms with van der Waals surface area (Å²) in [5.74, 6) is 1.59. The minimum absolute atomic E-state index is 0.0869. The van der Waals surface area contributed by atoms with Crippen molar-refractivity contribution in [1.29, 1.82) is 0 Å². The number of ether oxygens (including phenoxy) is 1. The Morgan fingerprint density at radius 3 is 2.12 bits per heavy atom. The van der Waals surface area contributed by atoms with Crippen molar-refractivity contribution in [2.45, 2.75) is 46.2 Å². The highest BCUT2D eigenvalue weighted by molar-refractivity contribution is 7.80. The Kier molecular flexibility index (Phi) is 7.33. The summed E-state index contributed by atoms with van der Waals surface area (Å²) in [6, 6.07) is 33.2. The molecule has 1 fully saturated rings. The number of hydrogen-bond donors (Lipinski definition) is 1. The van der Waals surface area contributed by atoms with Crippen LogP contribution in [0.1, 0.15) is 52.8 Å². The molecule has 1 N–H and O–H groups in total. The summed E-state index contributed by atoms with van der Waals surface area (Å²) in [6.07, 6.45) is 2.87. The van der Waals surface area contributed by atoms with E-state index in [9.17, 15) is 0 Å². The Morgan fingerprint density at radius 2 is 1.49 bits per heavy atom. The van der Waals surface area contributed by atoms with Crippen molar-refractivity contribution in [2.24, 2.45) is 0 Å². The molecule has 6 heteroatoms. The standard InChI is InChI=1S/C35H34N4OS/c1-5-26-11-13-27(14-12-26)38-24(3)22-31(25(38)4)34-33(32-8-6-7-21-36-32)37-35(41)39(34)28-15-19-30(20-16-28)40-29-17-9-23(2)10-18-29/h6-22,33-34H,5H2,1-4H3,(H,37,41)/t33-,34-/m0/s1. The van der Waals surface area contributed by atoms with Gasteiger partial charge >= 0.3 is 0 Å². The predicted octanol–water partition coefficient (Wildman–Crippen LogP) is 8.33. The zero-order chi connectivity index (χ0) is 28.5. The minimum Gasteiger partial charge on any atom is -0.457 e. The molecule has 1 saturated heterocycles. The van der Waals surface area contributed by atoms with E-state index in [-0.39, 0.29) is 12.1 Å². The van der Waals surface area contributed by atoms with Crippen LogP contribution >= 0.6 is 12.2 Å². The zero-order valence-corrected chi connectivity index (χ0v) is 24.7. The fraction of sp³-hybridized carbons (Fsp3) is 0.200. The van der Waals surface area contributed by atoms with Crippen LogP contribution < -0.4 is 15.0 Å². The highest BCUT2D eigenvalue weighted by atomic mass is 32.1. The first-order valence-electron chi connectivity index (χ1n) is 14.1. The molecule has 206 valence electrons. The fourth-order valence-electron chi connectivity index (χ4n) is 5.73. The van der Waals surface area contributed by atoms with Gasteiger partial charge in [-0.15, -0.1) is 0 Å². The molecule has 0 saturated carbocycles. The van der Waals surface area contributed by atoms with Crippen molar-refractivity contribution in [2.75, 3.05) is 4.90 Å². The molecular formula is C35H34N4OS. The number of pyridine rings is 1. The molecule has 0 unspecified atom stereocenters. The summed E-state index contributed by atoms with van der Waals surface area (Å²) in [6.45, 7) is 8.62. The average Bonchev–Trinajstić information content (AvgIpc) is 3.49. The Morgan fingerprint density at radius 1 is 0.829 bits per heavy atom. The number of thiocarbonyl (C=S) groups is 1. The molecule has 5 aromatic rings. The Hall–Kier alpha value is -4.42. The molecular weight excluding hydrogens is 524 g/mol. The SMILES string of the molecule is CCc1ccc(-n2c(C)cc([C@H]3[C@H](c4ccccn4)NC(=S)N3c3ccc(Oc4ccc(C)cc4)cc3)c2C)cc1. The van der Waals surface area contributed by atoms with E-state index in [1.54, 1.807) is 0 Å². The molecule has 2 atom stereocenters. The molecule has 41 heavy (non-hydrogen) atoms. The largest absolute Gasteiger partial charge is 0.457 e. The fourth-order valence-corrected chi connectivity index (χ4v) is 6.08. The molecule has 0 aliphatic carbocycles. The second-order valence-electron chi connectivity index (χ2n) is 10.6. The number of aromatic nitrogens is 2. The molecule has 0 spiro atoms. The van der Waals surface area contributed by atoms with E-state index < -0.39 is 0 Å². The lowest BCUT2D eigenvalue weighted by Gasteiger charge is -2.28. The monoisotopic (exact) mass is 558 g/mol. The van der Waals surface area contributed by atoms with Gasteiger partial charge in [-0.2, -0.15) is 0 Å². The third-order valence-corrected chi connectivity index (χ3v) is 8.18. The lowest BCUT2D eigenvalue weighted by atomic mass is 9.96. The topological polar surface area (TPSA) is 42.3 Å². The van der Waals surface area contributed by atoms with Crippen LogP contribution in [0.25, 0.3) is 5.69 Å². The van der Waals surface area contributed by atoms with Gasteiger partial charge in [0.2, 0.25) is 0 Å². The third-order valence-electron chi connectivity index (χ3n) is 7.86. The maximum Gasteiger partial charge on any atom is 0.174 e. The van der Waals surface area contributed by atoms with Crippen molar-refractivity contribution in [1.82, 2.24) is 14.9 Å². The summed E-state index contributed by atoms with van der Waals surface area (Å²) < 4.78 is 8.44. The summed E-state index contributed by atoms with van der Waals surface area (Å²) in [4.78, 5) is 6.95. The van der Waals surface area contributed by atoms with Crippen LogP contribution in [0.4, 0.5) is 5.69 Å². The maximum atomic E-state index is 6.10. The van der Waals surface area contributed by atoms with Crippen LogP contribution in [0.2, 0.25) is 0 Å². The van der Waals surface area contributed by atoms with Gasteiger partial charge in [0.25, 0.3) is 0 Å². The van der Waals surface area contributed by atoms with Gasteiger partial charge in [0, 0.05) is 29.0 Å². The number of hydrogen-bond acceptors (Lipinski definition) is 3. The Labute approximate surface area is 247 Å². The minimum atomic E-state index is -0.108. The lowest BCUT2D eigenvalue weighted by Crippen LogP contribution is -2.29. The van der Waals surface area contributed by atoms with E-state index >= 15 is 0 Å². The van der Waals surface area contributed by atoms with Crippen LogP contribution in [0.5, 0.6) is 11.5 Å². The normalized spacial score (nSPS) is 16.6. The average molecular weight is 559 g/mol. The van der Waals surface area contributed by atoms with Gasteiger partial charge in [-0.25, -0.2) is 0 Å². The predicted molar refractivity (Wildman–Crippen MR) is 170 cm³/mol. The quantitative estimate of drug-likeness (QED) is 0.203. The van der Waals surface area contributed by atoms with Crippen LogP contribution in [-0.2, 0) is 6.42 Å². The van der Waals surface area contributed by atoms with Crippen molar-refractivity contribution in [3.05, 3.63) is 137 Å². The molecule has 6 rings (SSSR count). The first kappa shape index (κ1) is 26.8. The van der Waals surface area contributed by atoms with Crippen LogP contribution in [0.3, 0.4) is 0 Å². The molecule has 3 aromatic carbocycles. The number of aryl methyl sites for hydroxylation is 3. The second kappa shape index (κ2) is 11.2. The van der Waals surface area contributed by atoms with Crippen LogP contribution in [-0.4, -0.2) is 14.7 Å². The van der Waals surface area contributed by atoms with Gasteiger partial charge in [-0.05, 0) is 117 Å². The molecule has 1 aliphatic rings.